The molecule has 0 N–H and O–H groups in total. The lowest BCUT2D eigenvalue weighted by atomic mass is 10.2. The van der Waals surface area contributed by atoms with Crippen LogP contribution in [0.1, 0.15) is 40.2 Å². The third-order valence-electron chi connectivity index (χ3n) is 5.39. The van der Waals surface area contributed by atoms with Crippen molar-refractivity contribution in [1.29, 1.82) is 0 Å². The summed E-state index contributed by atoms with van der Waals surface area (Å²) < 4.78 is 32.7. The first kappa shape index (κ1) is 21.8. The average Bonchev–Trinajstić information content (AvgIpc) is 2.84. The van der Waals surface area contributed by atoms with Crippen LogP contribution in [0.25, 0.3) is 0 Å². The Balaban J connectivity index is 2.12. The lowest BCUT2D eigenvalue weighted by Gasteiger charge is -2.37. The third kappa shape index (κ3) is 4.20. The summed E-state index contributed by atoms with van der Waals surface area (Å²) in [5, 5.41) is 0. The van der Waals surface area contributed by atoms with Gasteiger partial charge in [0.15, 0.2) is 11.9 Å². The van der Waals surface area contributed by atoms with Gasteiger partial charge >= 0.3 is 10.1 Å². The van der Waals surface area contributed by atoms with Gasteiger partial charge in [0.2, 0.25) is 0 Å². The predicted octanol–water partition coefficient (Wildman–Crippen LogP) is 5.10. The van der Waals surface area contributed by atoms with Gasteiger partial charge in [0.1, 0.15) is 12.2 Å². The van der Waals surface area contributed by atoms with Crippen LogP contribution >= 0.6 is 0 Å². The zero-order valence-electron chi connectivity index (χ0n) is 18.3. The van der Waals surface area contributed by atoms with E-state index in [4.69, 9.17) is 4.28 Å². The van der Waals surface area contributed by atoms with Crippen molar-refractivity contribution < 1.29 is 12.7 Å². The number of hydrogen-bond donors (Lipinski definition) is 0. The summed E-state index contributed by atoms with van der Waals surface area (Å²) in [7, 11) is -3.95. The van der Waals surface area contributed by atoms with Crippen LogP contribution in [0, 0.1) is 18.8 Å². The Morgan fingerprint density at radius 1 is 1.00 bits per heavy atom. The van der Waals surface area contributed by atoms with E-state index in [-0.39, 0.29) is 21.6 Å². The number of anilines is 1. The number of quaternary nitrogens is 1. The molecule has 0 radical (unpaired) electrons. The summed E-state index contributed by atoms with van der Waals surface area (Å²) in [4.78, 5) is 2.48. The van der Waals surface area contributed by atoms with Crippen LogP contribution in [0.15, 0.2) is 53.4 Å². The maximum absolute atomic E-state index is 13.3. The van der Waals surface area contributed by atoms with Crippen molar-refractivity contribution in [2.75, 3.05) is 18.0 Å². The van der Waals surface area contributed by atoms with Crippen molar-refractivity contribution in [3.63, 3.8) is 0 Å². The molecule has 6 heteroatoms. The maximum atomic E-state index is 13.3. The van der Waals surface area contributed by atoms with Gasteiger partial charge in [0.05, 0.1) is 4.90 Å². The number of fused-ring (bicyclic) bond motifs is 1. The van der Waals surface area contributed by atoms with Crippen molar-refractivity contribution in [3.8, 4) is 0 Å². The zero-order valence-corrected chi connectivity index (χ0v) is 19.1. The van der Waals surface area contributed by atoms with E-state index in [0.717, 1.165) is 23.5 Å². The van der Waals surface area contributed by atoms with Crippen molar-refractivity contribution in [3.05, 3.63) is 54.1 Å². The Hall–Kier alpha value is -1.89. The molecule has 3 rings (SSSR count). The Kier molecular flexibility index (Phi) is 6.08. The summed E-state index contributed by atoms with van der Waals surface area (Å²) in [6, 6.07) is 14.9. The summed E-state index contributed by atoms with van der Waals surface area (Å²) >= 11 is 0. The summed E-state index contributed by atoms with van der Waals surface area (Å²) in [6.07, 6.45) is -0.155. The number of hydrogen-bond acceptors (Lipinski definition) is 4. The Morgan fingerprint density at radius 2 is 1.62 bits per heavy atom. The van der Waals surface area contributed by atoms with Crippen LogP contribution in [0.2, 0.25) is 0 Å². The van der Waals surface area contributed by atoms with Crippen molar-refractivity contribution in [2.24, 2.45) is 11.8 Å². The van der Waals surface area contributed by atoms with Gasteiger partial charge in [-0.3, -0.25) is 0 Å². The molecule has 2 aromatic carbocycles. The fourth-order valence-corrected chi connectivity index (χ4v) is 5.32. The van der Waals surface area contributed by atoms with Gasteiger partial charge in [0, 0.05) is 25.5 Å². The van der Waals surface area contributed by atoms with E-state index in [9.17, 15) is 8.42 Å². The van der Waals surface area contributed by atoms with Crippen molar-refractivity contribution in [1.82, 2.24) is 4.65 Å². The second kappa shape index (κ2) is 8.09. The number of aryl methyl sites for hydroxylation is 1. The van der Waals surface area contributed by atoms with Crippen molar-refractivity contribution >= 4 is 21.5 Å². The molecule has 1 aliphatic heterocycles. The van der Waals surface area contributed by atoms with E-state index in [0.29, 0.717) is 12.5 Å². The minimum atomic E-state index is -3.95. The van der Waals surface area contributed by atoms with Gasteiger partial charge < -0.3 is 4.90 Å². The monoisotopic (exact) mass is 417 g/mol. The van der Waals surface area contributed by atoms with Crippen LogP contribution in [0.3, 0.4) is 0 Å². The molecular formula is C23H33N2O3S+. The molecule has 0 bridgehead atoms. The summed E-state index contributed by atoms with van der Waals surface area (Å²) in [5.74, 6) is 0.691. The highest BCUT2D eigenvalue weighted by Gasteiger charge is 2.54. The van der Waals surface area contributed by atoms with Crippen LogP contribution < -0.4 is 9.55 Å². The second-order valence-corrected chi connectivity index (χ2v) is 10.4. The Morgan fingerprint density at radius 3 is 2.21 bits per heavy atom. The highest BCUT2D eigenvalue weighted by molar-refractivity contribution is 7.86. The highest BCUT2D eigenvalue weighted by Crippen LogP contribution is 2.47. The average molecular weight is 418 g/mol. The molecular weight excluding hydrogens is 384 g/mol. The van der Waals surface area contributed by atoms with Gasteiger partial charge in [-0.2, -0.15) is 8.42 Å². The fraction of sp³-hybridized carbons (Fsp3) is 0.478. The molecule has 1 heterocycles. The van der Waals surface area contributed by atoms with Crippen LogP contribution in [-0.4, -0.2) is 27.7 Å². The topological polar surface area (TPSA) is 46.6 Å². The first-order valence-corrected chi connectivity index (χ1v) is 11.7. The molecule has 0 saturated heterocycles. The maximum Gasteiger partial charge on any atom is 0.343 e. The molecule has 0 amide bonds. The van der Waals surface area contributed by atoms with Crippen molar-refractivity contribution in [2.45, 2.75) is 52.6 Å². The lowest BCUT2D eigenvalue weighted by molar-refractivity contribution is -0.0731. The SMILES string of the molecule is Cc1ccc(S(=O)(=O)O[N+]2(CC(C)C)c3ccccc3N(CC(C)C)C2C)cc1. The molecule has 0 aromatic heterocycles. The Bertz CT molecular complexity index is 954. The minimum Gasteiger partial charge on any atom is -0.315 e. The normalized spacial score (nSPS) is 21.8. The van der Waals surface area contributed by atoms with Gasteiger partial charge in [0.25, 0.3) is 0 Å². The van der Waals surface area contributed by atoms with E-state index in [2.05, 4.69) is 45.6 Å². The molecule has 0 aliphatic carbocycles. The van der Waals surface area contributed by atoms with E-state index < -0.39 is 10.1 Å². The van der Waals surface area contributed by atoms with Crippen LogP contribution in [-0.2, 0) is 14.4 Å². The Labute approximate surface area is 175 Å². The van der Waals surface area contributed by atoms with Gasteiger partial charge in [-0.25, -0.2) is 0 Å². The number of para-hydroxylation sites is 2. The molecule has 0 spiro atoms. The molecule has 2 unspecified atom stereocenters. The standard InChI is InChI=1S/C23H33N2O3S/c1-17(2)15-24-20(6)25(16-18(3)4,23-10-8-7-9-22(23)24)28-29(26,27)21-13-11-19(5)12-14-21/h7-14,17-18,20H,15-16H2,1-6H3/q+1. The van der Waals surface area contributed by atoms with E-state index >= 15 is 0 Å². The minimum absolute atomic E-state index is 0.0449. The summed E-state index contributed by atoms with van der Waals surface area (Å²) in [6.45, 7) is 14.0. The van der Waals surface area contributed by atoms with Crippen LogP contribution in [0.4, 0.5) is 11.4 Å². The molecule has 158 valence electrons. The predicted molar refractivity (Wildman–Crippen MR) is 119 cm³/mol. The van der Waals surface area contributed by atoms with Gasteiger partial charge in [-0.1, -0.05) is 61.8 Å². The van der Waals surface area contributed by atoms with E-state index in [1.807, 2.05) is 25.1 Å². The zero-order chi connectivity index (χ0) is 21.4. The first-order valence-electron chi connectivity index (χ1n) is 10.3. The first-order chi connectivity index (χ1) is 13.6. The summed E-state index contributed by atoms with van der Waals surface area (Å²) in [5.41, 5.74) is 2.97. The molecule has 0 saturated carbocycles. The molecule has 2 aromatic rings. The quantitative estimate of drug-likeness (QED) is 0.588. The number of rotatable bonds is 7. The number of hydroxylamine groups is 2. The molecule has 29 heavy (non-hydrogen) atoms. The number of nitrogens with zero attached hydrogens (tertiary/aromatic N) is 2. The van der Waals surface area contributed by atoms with Crippen LogP contribution in [0.5, 0.6) is 0 Å². The number of benzene rings is 2. The third-order valence-corrected chi connectivity index (χ3v) is 6.70. The van der Waals surface area contributed by atoms with Gasteiger partial charge in [-0.05, 0) is 31.0 Å². The van der Waals surface area contributed by atoms with Gasteiger partial charge in [-0.15, -0.1) is 4.65 Å². The highest BCUT2D eigenvalue weighted by atomic mass is 32.2. The van der Waals surface area contributed by atoms with E-state index in [1.54, 1.807) is 24.3 Å². The molecule has 5 nitrogen and oxygen atoms in total. The fourth-order valence-electron chi connectivity index (χ4n) is 4.15. The molecule has 1 aliphatic rings. The van der Waals surface area contributed by atoms with E-state index in [1.165, 1.54) is 0 Å². The molecule has 2 atom stereocenters. The smallest absolute Gasteiger partial charge is 0.315 e. The second-order valence-electron chi connectivity index (χ2n) is 8.88. The largest absolute Gasteiger partial charge is 0.343 e. The molecule has 0 fully saturated rings. The lowest BCUT2D eigenvalue weighted by Crippen LogP contribution is -2.60.